The average molecular weight is 561 g/mol. The van der Waals surface area contributed by atoms with Crippen molar-refractivity contribution in [1.29, 1.82) is 0 Å². The third-order valence-corrected chi connectivity index (χ3v) is 8.38. The van der Waals surface area contributed by atoms with Crippen LogP contribution in [0.5, 0.6) is 5.75 Å². The first-order valence-electron chi connectivity index (χ1n) is 13.1. The Morgan fingerprint density at radius 3 is 2.87 bits per heavy atom. The van der Waals surface area contributed by atoms with E-state index in [4.69, 9.17) is 26.2 Å². The number of thiophene rings is 1. The van der Waals surface area contributed by atoms with Gasteiger partial charge < -0.3 is 14.8 Å². The molecule has 0 unspecified atom stereocenters. The predicted octanol–water partition coefficient (Wildman–Crippen LogP) is 6.84. The molecule has 0 amide bonds. The Morgan fingerprint density at radius 1 is 1.08 bits per heavy atom. The van der Waals surface area contributed by atoms with Crippen LogP contribution in [0.2, 0.25) is 5.02 Å². The van der Waals surface area contributed by atoms with Crippen LogP contribution in [0.4, 0.5) is 11.5 Å². The minimum atomic E-state index is 0.354. The molecule has 0 radical (unpaired) electrons. The summed E-state index contributed by atoms with van der Waals surface area (Å²) >= 11 is 8.27. The van der Waals surface area contributed by atoms with Gasteiger partial charge in [0.2, 0.25) is 0 Å². The molecule has 0 saturated heterocycles. The maximum absolute atomic E-state index is 6.56. The number of ether oxygens (including phenoxy) is 2. The maximum atomic E-state index is 6.56. The summed E-state index contributed by atoms with van der Waals surface area (Å²) in [7, 11) is 1.75. The fourth-order valence-electron chi connectivity index (χ4n) is 4.99. The monoisotopic (exact) mass is 560 g/mol. The second-order valence-electron chi connectivity index (χ2n) is 9.47. The minimum Gasteiger partial charge on any atom is -0.486 e. The summed E-state index contributed by atoms with van der Waals surface area (Å²) < 4.78 is 13.2. The molecule has 1 aliphatic carbocycles. The lowest BCUT2D eigenvalue weighted by molar-refractivity contribution is 0.191. The van der Waals surface area contributed by atoms with Crippen LogP contribution in [0.1, 0.15) is 36.2 Å². The number of anilines is 2. The van der Waals surface area contributed by atoms with Gasteiger partial charge in [-0.05, 0) is 68.0 Å². The molecule has 0 saturated carbocycles. The molecule has 1 aromatic carbocycles. The van der Waals surface area contributed by atoms with E-state index in [9.17, 15) is 0 Å². The van der Waals surface area contributed by atoms with Gasteiger partial charge in [-0.2, -0.15) is 5.10 Å². The Morgan fingerprint density at radius 2 is 2.03 bits per heavy atom. The molecule has 0 fully saturated rings. The number of hydrogen-bond donors (Lipinski definition) is 1. The molecule has 5 aromatic rings. The van der Waals surface area contributed by atoms with Crippen molar-refractivity contribution in [2.75, 3.05) is 19.0 Å². The zero-order valence-electron chi connectivity index (χ0n) is 21.7. The first kappa shape index (κ1) is 25.7. The number of benzene rings is 1. The van der Waals surface area contributed by atoms with Crippen molar-refractivity contribution in [3.8, 4) is 16.2 Å². The zero-order chi connectivity index (χ0) is 26.6. The molecule has 6 rings (SSSR count). The van der Waals surface area contributed by atoms with Crippen LogP contribution in [0, 0.1) is 0 Å². The molecule has 1 N–H and O–H groups in total. The number of pyridine rings is 1. The van der Waals surface area contributed by atoms with Gasteiger partial charge in [-0.15, -0.1) is 11.3 Å². The molecule has 4 aromatic heterocycles. The van der Waals surface area contributed by atoms with Crippen molar-refractivity contribution in [2.24, 2.45) is 0 Å². The van der Waals surface area contributed by atoms with E-state index in [0.717, 1.165) is 72.7 Å². The van der Waals surface area contributed by atoms with Gasteiger partial charge in [-0.25, -0.2) is 9.97 Å². The van der Waals surface area contributed by atoms with Crippen LogP contribution >= 0.6 is 22.9 Å². The second-order valence-corrected chi connectivity index (χ2v) is 10.9. The first-order valence-corrected chi connectivity index (χ1v) is 14.3. The van der Waals surface area contributed by atoms with Gasteiger partial charge in [0, 0.05) is 48.3 Å². The summed E-state index contributed by atoms with van der Waals surface area (Å²) in [6.45, 7) is 2.11. The van der Waals surface area contributed by atoms with Gasteiger partial charge in [-0.3, -0.25) is 9.67 Å². The van der Waals surface area contributed by atoms with E-state index in [1.165, 1.54) is 21.7 Å². The molecule has 39 heavy (non-hydrogen) atoms. The number of nitrogens with zero attached hydrogens (tertiary/aromatic N) is 5. The predicted molar refractivity (Wildman–Crippen MR) is 155 cm³/mol. The topological polar surface area (TPSA) is 87.0 Å². The molecular formula is C29H29ClN6O2S. The highest BCUT2D eigenvalue weighted by Gasteiger charge is 2.27. The Hall–Kier alpha value is -3.53. The summed E-state index contributed by atoms with van der Waals surface area (Å²) in [6.07, 6.45) is 10.6. The molecule has 0 spiro atoms. The van der Waals surface area contributed by atoms with Gasteiger partial charge in [0.1, 0.15) is 29.3 Å². The molecule has 8 nitrogen and oxygen atoms in total. The van der Waals surface area contributed by atoms with Crippen molar-refractivity contribution in [3.63, 3.8) is 0 Å². The number of rotatable bonds is 11. The lowest BCUT2D eigenvalue weighted by atomic mass is 9.95. The number of unbranched alkanes of at least 4 members (excludes halogenated alkanes) is 2. The number of hydrogen-bond acceptors (Lipinski definition) is 8. The highest BCUT2D eigenvalue weighted by Crippen LogP contribution is 2.45. The fraction of sp³-hybridized carbons (Fsp3) is 0.310. The molecular weight excluding hydrogens is 532 g/mol. The Labute approximate surface area is 236 Å². The van der Waals surface area contributed by atoms with Gasteiger partial charge in [0.25, 0.3) is 0 Å². The van der Waals surface area contributed by atoms with E-state index in [2.05, 4.69) is 25.0 Å². The molecule has 10 heteroatoms. The van der Waals surface area contributed by atoms with Gasteiger partial charge in [0.05, 0.1) is 22.3 Å². The normalized spacial score (nSPS) is 12.4. The summed E-state index contributed by atoms with van der Waals surface area (Å²) in [6, 6.07) is 11.4. The minimum absolute atomic E-state index is 0.354. The number of nitrogens with one attached hydrogen (secondary N) is 1. The Bertz CT molecular complexity index is 1590. The van der Waals surface area contributed by atoms with Crippen molar-refractivity contribution >= 4 is 44.7 Å². The van der Waals surface area contributed by atoms with E-state index in [1.54, 1.807) is 31.0 Å². The molecule has 1 aliphatic rings. The van der Waals surface area contributed by atoms with Crippen molar-refractivity contribution in [3.05, 3.63) is 77.1 Å². The Kier molecular flexibility index (Phi) is 7.71. The van der Waals surface area contributed by atoms with E-state index in [0.29, 0.717) is 17.4 Å². The van der Waals surface area contributed by atoms with Crippen molar-refractivity contribution in [1.82, 2.24) is 24.7 Å². The molecule has 4 heterocycles. The summed E-state index contributed by atoms with van der Waals surface area (Å²) in [5, 5.41) is 9.80. The Balaban J connectivity index is 1.21. The number of fused-ring (bicyclic) bond motifs is 5. The fourth-order valence-corrected chi connectivity index (χ4v) is 6.45. The summed E-state index contributed by atoms with van der Waals surface area (Å²) in [5.41, 5.74) is 5.50. The largest absolute Gasteiger partial charge is 0.486 e. The quantitative estimate of drug-likeness (QED) is 0.177. The summed E-state index contributed by atoms with van der Waals surface area (Å²) in [5.74, 6) is 1.39. The molecule has 200 valence electrons. The van der Waals surface area contributed by atoms with Crippen LogP contribution in [0.15, 0.2) is 55.1 Å². The number of halogens is 1. The van der Waals surface area contributed by atoms with E-state index in [1.807, 2.05) is 42.6 Å². The van der Waals surface area contributed by atoms with Gasteiger partial charge in [-0.1, -0.05) is 17.7 Å². The first-order chi connectivity index (χ1) is 19.2. The molecule has 0 aliphatic heterocycles. The van der Waals surface area contributed by atoms with E-state index in [-0.39, 0.29) is 0 Å². The highest BCUT2D eigenvalue weighted by atomic mass is 35.5. The average Bonchev–Trinajstić information content (AvgIpc) is 3.55. The number of aromatic nitrogens is 5. The zero-order valence-corrected chi connectivity index (χ0v) is 23.3. The standard InChI is InChI=1S/C29H29ClN6O2S/c1-37-14-6-2-5-13-36-24-10-9-21-26-28(32-18-33-29(26)39-27(21)22(24)16-34-36)35-19-8-11-25(23(30)15-19)38-17-20-7-3-4-12-31-20/h3-4,7-8,11-12,15-16,18H,2,5-6,9-10,13-14,17H2,1H3,(H,32,33,35). The number of aryl methyl sites for hydroxylation is 2. The second kappa shape index (κ2) is 11.7. The number of methoxy groups -OCH3 is 1. The van der Waals surface area contributed by atoms with Crippen molar-refractivity contribution < 1.29 is 9.47 Å². The van der Waals surface area contributed by atoms with Gasteiger partial charge in [0.15, 0.2) is 0 Å². The highest BCUT2D eigenvalue weighted by molar-refractivity contribution is 7.22. The third-order valence-electron chi connectivity index (χ3n) is 6.91. The lowest BCUT2D eigenvalue weighted by Gasteiger charge is -2.16. The van der Waals surface area contributed by atoms with E-state index >= 15 is 0 Å². The van der Waals surface area contributed by atoms with Crippen LogP contribution in [-0.4, -0.2) is 38.4 Å². The SMILES string of the molecule is COCCCCCn1ncc2c1CCc1c-2sc2ncnc(Nc3ccc(OCc4ccccn4)c(Cl)c3)c12. The van der Waals surface area contributed by atoms with Gasteiger partial charge >= 0.3 is 0 Å². The van der Waals surface area contributed by atoms with Crippen LogP contribution in [0.3, 0.4) is 0 Å². The van der Waals surface area contributed by atoms with Crippen LogP contribution in [-0.2, 0) is 30.7 Å². The lowest BCUT2D eigenvalue weighted by Crippen LogP contribution is -2.10. The van der Waals surface area contributed by atoms with E-state index < -0.39 is 0 Å². The summed E-state index contributed by atoms with van der Waals surface area (Å²) in [4.78, 5) is 15.7. The smallest absolute Gasteiger partial charge is 0.142 e. The molecule has 0 bridgehead atoms. The maximum Gasteiger partial charge on any atom is 0.142 e. The third kappa shape index (κ3) is 5.48. The van der Waals surface area contributed by atoms with Crippen LogP contribution in [0.25, 0.3) is 20.7 Å². The molecule has 0 atom stereocenters. The van der Waals surface area contributed by atoms with Crippen molar-refractivity contribution in [2.45, 2.75) is 45.3 Å². The van der Waals surface area contributed by atoms with Crippen LogP contribution < -0.4 is 10.1 Å².